The number of nitrogens with one attached hydrogen (secondary N) is 2. The summed E-state index contributed by atoms with van der Waals surface area (Å²) in [5.74, 6) is 0.0422. The normalized spacial score (nSPS) is 19.0. The SMILES string of the molecule is C=Cc1ccc(C(C)(C)C)cc1NNc1ccc(C2=C/CC(C)C(=O)N(C)C/N=C\2)c2ccccc12. The highest BCUT2D eigenvalue weighted by Gasteiger charge is 2.19. The first-order valence-electron chi connectivity index (χ1n) is 12.4. The van der Waals surface area contributed by atoms with Gasteiger partial charge in [0.2, 0.25) is 5.91 Å². The Hall–Kier alpha value is -3.86. The maximum atomic E-state index is 12.5. The zero-order chi connectivity index (χ0) is 25.9. The van der Waals surface area contributed by atoms with Crippen molar-refractivity contribution in [3.05, 3.63) is 83.9 Å². The predicted molar refractivity (Wildman–Crippen MR) is 154 cm³/mol. The molecule has 1 amide bonds. The van der Waals surface area contributed by atoms with Crippen molar-refractivity contribution < 1.29 is 4.79 Å². The summed E-state index contributed by atoms with van der Waals surface area (Å²) in [4.78, 5) is 18.7. The lowest BCUT2D eigenvalue weighted by atomic mass is 9.86. The molecule has 0 radical (unpaired) electrons. The summed E-state index contributed by atoms with van der Waals surface area (Å²) in [6.07, 6.45) is 6.56. The van der Waals surface area contributed by atoms with E-state index < -0.39 is 0 Å². The zero-order valence-corrected chi connectivity index (χ0v) is 21.9. The van der Waals surface area contributed by atoms with E-state index in [0.29, 0.717) is 13.1 Å². The minimum Gasteiger partial charge on any atom is -0.326 e. The molecule has 2 N–H and O–H groups in total. The van der Waals surface area contributed by atoms with Crippen LogP contribution in [0.15, 0.2) is 72.2 Å². The third-order valence-electron chi connectivity index (χ3n) is 6.72. The van der Waals surface area contributed by atoms with E-state index in [9.17, 15) is 4.79 Å². The fourth-order valence-electron chi connectivity index (χ4n) is 4.45. The first kappa shape index (κ1) is 25.2. The maximum absolute atomic E-state index is 12.5. The fourth-order valence-corrected chi connectivity index (χ4v) is 4.45. The van der Waals surface area contributed by atoms with Gasteiger partial charge in [0.15, 0.2) is 0 Å². The van der Waals surface area contributed by atoms with Crippen LogP contribution in [0.3, 0.4) is 0 Å². The third kappa shape index (κ3) is 5.35. The number of amides is 1. The van der Waals surface area contributed by atoms with Crippen molar-refractivity contribution in [2.24, 2.45) is 10.9 Å². The molecule has 0 spiro atoms. The number of hydrogen-bond acceptors (Lipinski definition) is 4. The van der Waals surface area contributed by atoms with Gasteiger partial charge < -0.3 is 15.8 Å². The van der Waals surface area contributed by atoms with Crippen LogP contribution < -0.4 is 10.9 Å². The van der Waals surface area contributed by atoms with Crippen LogP contribution in [0, 0.1) is 5.92 Å². The van der Waals surface area contributed by atoms with Gasteiger partial charge in [-0.05, 0) is 51.6 Å². The molecule has 1 atom stereocenters. The van der Waals surface area contributed by atoms with Gasteiger partial charge in [-0.2, -0.15) is 0 Å². The van der Waals surface area contributed by atoms with Crippen LogP contribution in [0.5, 0.6) is 0 Å². The van der Waals surface area contributed by atoms with Gasteiger partial charge in [0.05, 0.1) is 11.4 Å². The summed E-state index contributed by atoms with van der Waals surface area (Å²) in [7, 11) is 1.80. The predicted octanol–water partition coefficient (Wildman–Crippen LogP) is 7.13. The molecule has 0 saturated carbocycles. The summed E-state index contributed by atoms with van der Waals surface area (Å²) < 4.78 is 0. The van der Waals surface area contributed by atoms with Crippen LogP contribution in [-0.2, 0) is 10.2 Å². The Balaban J connectivity index is 1.68. The van der Waals surface area contributed by atoms with E-state index in [0.717, 1.165) is 38.8 Å². The lowest BCUT2D eigenvalue weighted by molar-refractivity contribution is -0.133. The largest absolute Gasteiger partial charge is 0.326 e. The highest BCUT2D eigenvalue weighted by molar-refractivity contribution is 6.16. The molecule has 0 saturated heterocycles. The quantitative estimate of drug-likeness (QED) is 0.382. The van der Waals surface area contributed by atoms with Crippen LogP contribution in [0.25, 0.3) is 22.4 Å². The van der Waals surface area contributed by atoms with Crippen molar-refractivity contribution in [3.63, 3.8) is 0 Å². The van der Waals surface area contributed by atoms with Crippen LogP contribution in [0.2, 0.25) is 0 Å². The van der Waals surface area contributed by atoms with Gasteiger partial charge in [-0.15, -0.1) is 0 Å². The van der Waals surface area contributed by atoms with Gasteiger partial charge in [-0.25, -0.2) is 0 Å². The summed E-state index contributed by atoms with van der Waals surface area (Å²) in [5, 5.41) is 2.23. The number of anilines is 2. The number of carbonyl (C=O) groups excluding carboxylic acids is 1. The minimum atomic E-state index is -0.0778. The molecule has 186 valence electrons. The van der Waals surface area contributed by atoms with Crippen LogP contribution >= 0.6 is 0 Å². The molecular formula is C31H36N4O. The number of aliphatic imine (C=N–C) groups is 1. The molecule has 1 aliphatic rings. The molecule has 36 heavy (non-hydrogen) atoms. The van der Waals surface area contributed by atoms with E-state index in [1.54, 1.807) is 11.9 Å². The molecular weight excluding hydrogens is 444 g/mol. The molecule has 0 aliphatic carbocycles. The van der Waals surface area contributed by atoms with E-state index >= 15 is 0 Å². The topological polar surface area (TPSA) is 56.7 Å². The first-order chi connectivity index (χ1) is 17.2. The zero-order valence-electron chi connectivity index (χ0n) is 21.9. The molecule has 5 heteroatoms. The lowest BCUT2D eigenvalue weighted by Gasteiger charge is -2.22. The fraction of sp³-hybridized carbons (Fsp3) is 0.290. The van der Waals surface area contributed by atoms with Crippen LogP contribution in [-0.4, -0.2) is 30.7 Å². The van der Waals surface area contributed by atoms with Gasteiger partial charge in [0.25, 0.3) is 0 Å². The number of fused-ring (bicyclic) bond motifs is 1. The van der Waals surface area contributed by atoms with Crippen molar-refractivity contribution in [2.75, 3.05) is 24.6 Å². The number of carbonyl (C=O) groups is 1. The summed E-state index contributed by atoms with van der Waals surface area (Å²) >= 11 is 0. The Kier molecular flexibility index (Phi) is 7.30. The van der Waals surface area contributed by atoms with Gasteiger partial charge in [0, 0.05) is 24.6 Å². The molecule has 3 aromatic carbocycles. The summed E-state index contributed by atoms with van der Waals surface area (Å²) in [6, 6.07) is 19.0. The Labute approximate surface area is 214 Å². The smallest absolute Gasteiger partial charge is 0.226 e. The molecule has 1 heterocycles. The number of hydrazine groups is 1. The first-order valence-corrected chi connectivity index (χ1v) is 12.4. The van der Waals surface area contributed by atoms with E-state index in [2.05, 4.69) is 97.8 Å². The highest BCUT2D eigenvalue weighted by atomic mass is 16.2. The number of benzene rings is 3. The van der Waals surface area contributed by atoms with Crippen molar-refractivity contribution in [1.29, 1.82) is 0 Å². The standard InChI is InChI=1S/C31H36N4O/c1-7-22-14-15-24(31(3,4)5)18-29(22)34-33-28-17-16-25(26-10-8-9-11-27(26)28)23-13-12-21(2)30(36)35(6)20-32-19-23/h7-11,13-19,21,33-34H,1,12,20H2,2-6H3/b23-13+,32-19-. The lowest BCUT2D eigenvalue weighted by Crippen LogP contribution is -2.31. The van der Waals surface area contributed by atoms with Crippen molar-refractivity contribution in [1.82, 2.24) is 4.90 Å². The van der Waals surface area contributed by atoms with E-state index in [4.69, 9.17) is 0 Å². The van der Waals surface area contributed by atoms with Gasteiger partial charge >= 0.3 is 0 Å². The number of allylic oxidation sites excluding steroid dienone is 2. The van der Waals surface area contributed by atoms with Crippen molar-refractivity contribution in [2.45, 2.75) is 39.5 Å². The molecule has 0 bridgehead atoms. The van der Waals surface area contributed by atoms with Crippen LogP contribution in [0.1, 0.15) is 50.8 Å². The number of hydrogen-bond donors (Lipinski definition) is 2. The second-order valence-electron chi connectivity index (χ2n) is 10.5. The molecule has 0 fully saturated rings. The van der Waals surface area contributed by atoms with E-state index in [-0.39, 0.29) is 17.2 Å². The third-order valence-corrected chi connectivity index (χ3v) is 6.72. The molecule has 1 unspecified atom stereocenters. The second kappa shape index (κ2) is 10.4. The van der Waals surface area contributed by atoms with Crippen molar-refractivity contribution in [3.8, 4) is 0 Å². The molecule has 4 rings (SSSR count). The molecule has 3 aromatic rings. The van der Waals surface area contributed by atoms with Gasteiger partial charge in [-0.3, -0.25) is 9.79 Å². The number of rotatable bonds is 5. The Morgan fingerprint density at radius 3 is 2.47 bits per heavy atom. The van der Waals surface area contributed by atoms with E-state index in [1.165, 1.54) is 5.56 Å². The van der Waals surface area contributed by atoms with Gasteiger partial charge in [-0.1, -0.05) is 88.9 Å². The Bertz CT molecular complexity index is 1350. The van der Waals surface area contributed by atoms with Gasteiger partial charge in [0.1, 0.15) is 6.67 Å². The summed E-state index contributed by atoms with van der Waals surface area (Å²) in [6.45, 7) is 12.9. The van der Waals surface area contributed by atoms with Crippen molar-refractivity contribution >= 4 is 45.9 Å². The Morgan fingerprint density at radius 1 is 1.03 bits per heavy atom. The average Bonchev–Trinajstić information content (AvgIpc) is 2.92. The monoisotopic (exact) mass is 480 g/mol. The highest BCUT2D eigenvalue weighted by Crippen LogP contribution is 2.32. The molecule has 1 aliphatic heterocycles. The molecule has 5 nitrogen and oxygen atoms in total. The Morgan fingerprint density at radius 2 is 1.75 bits per heavy atom. The second-order valence-corrected chi connectivity index (χ2v) is 10.5. The van der Waals surface area contributed by atoms with E-state index in [1.807, 2.05) is 25.3 Å². The molecule has 0 aromatic heterocycles. The number of nitrogens with zero attached hydrogens (tertiary/aromatic N) is 2. The summed E-state index contributed by atoms with van der Waals surface area (Å²) in [5.41, 5.74) is 13.3. The maximum Gasteiger partial charge on any atom is 0.226 e. The minimum absolute atomic E-state index is 0.0487. The van der Waals surface area contributed by atoms with Crippen LogP contribution in [0.4, 0.5) is 11.4 Å². The average molecular weight is 481 g/mol.